The summed E-state index contributed by atoms with van der Waals surface area (Å²) in [5.41, 5.74) is 8.10. The van der Waals surface area contributed by atoms with Gasteiger partial charge in [0, 0.05) is 13.1 Å². The Morgan fingerprint density at radius 2 is 1.94 bits per heavy atom. The number of anilines is 2. The standard InChI is InChI=1S/C14H20N2O2/c1-14(2)5-7-16(8-6-14)12-4-3-10(13(17)18)9-11(12)15/h3-4,9H,5-8,15H2,1-2H3,(H,17,18). The lowest BCUT2D eigenvalue weighted by Crippen LogP contribution is -2.37. The largest absolute Gasteiger partial charge is 0.478 e. The van der Waals surface area contributed by atoms with Crippen molar-refractivity contribution >= 4 is 17.3 Å². The summed E-state index contributed by atoms with van der Waals surface area (Å²) in [5.74, 6) is -0.937. The Morgan fingerprint density at radius 3 is 2.44 bits per heavy atom. The van der Waals surface area contributed by atoms with Crippen molar-refractivity contribution in [3.63, 3.8) is 0 Å². The van der Waals surface area contributed by atoms with Crippen molar-refractivity contribution in [3.8, 4) is 0 Å². The molecule has 98 valence electrons. The molecule has 0 bridgehead atoms. The second-order valence-corrected chi connectivity index (χ2v) is 5.73. The van der Waals surface area contributed by atoms with Crippen LogP contribution < -0.4 is 10.6 Å². The van der Waals surface area contributed by atoms with Gasteiger partial charge in [-0.2, -0.15) is 0 Å². The maximum absolute atomic E-state index is 10.9. The summed E-state index contributed by atoms with van der Waals surface area (Å²) in [7, 11) is 0. The van der Waals surface area contributed by atoms with Crippen LogP contribution in [0.25, 0.3) is 0 Å². The van der Waals surface area contributed by atoms with E-state index in [4.69, 9.17) is 10.8 Å². The highest BCUT2D eigenvalue weighted by molar-refractivity contribution is 5.90. The van der Waals surface area contributed by atoms with Crippen LogP contribution in [0, 0.1) is 5.41 Å². The maximum atomic E-state index is 10.9. The number of hydrogen-bond donors (Lipinski definition) is 2. The Bertz CT molecular complexity index is 459. The third-order valence-electron chi connectivity index (χ3n) is 3.73. The quantitative estimate of drug-likeness (QED) is 0.789. The Balaban J connectivity index is 2.17. The number of hydrogen-bond acceptors (Lipinski definition) is 3. The minimum atomic E-state index is -0.937. The summed E-state index contributed by atoms with van der Waals surface area (Å²) in [6, 6.07) is 4.97. The van der Waals surface area contributed by atoms with Crippen LogP contribution in [0.5, 0.6) is 0 Å². The van der Waals surface area contributed by atoms with E-state index >= 15 is 0 Å². The van der Waals surface area contributed by atoms with Gasteiger partial charge >= 0.3 is 5.97 Å². The molecule has 0 radical (unpaired) electrons. The van der Waals surface area contributed by atoms with Crippen molar-refractivity contribution in [2.45, 2.75) is 26.7 Å². The number of nitrogens with two attached hydrogens (primary N) is 1. The first-order valence-corrected chi connectivity index (χ1v) is 6.27. The Kier molecular flexibility index (Phi) is 3.20. The third-order valence-corrected chi connectivity index (χ3v) is 3.73. The Morgan fingerprint density at radius 1 is 1.33 bits per heavy atom. The lowest BCUT2D eigenvalue weighted by molar-refractivity contribution is 0.0697. The molecular weight excluding hydrogens is 228 g/mol. The fourth-order valence-corrected chi connectivity index (χ4v) is 2.33. The molecule has 0 spiro atoms. The molecule has 2 rings (SSSR count). The average Bonchev–Trinajstić information content (AvgIpc) is 2.29. The topological polar surface area (TPSA) is 66.6 Å². The van der Waals surface area contributed by atoms with Crippen LogP contribution in [0.3, 0.4) is 0 Å². The molecule has 4 heteroatoms. The first-order chi connectivity index (χ1) is 8.39. The zero-order chi connectivity index (χ0) is 13.3. The fraction of sp³-hybridized carbons (Fsp3) is 0.500. The molecule has 0 amide bonds. The molecule has 3 N–H and O–H groups in total. The first-order valence-electron chi connectivity index (χ1n) is 6.27. The van der Waals surface area contributed by atoms with E-state index in [-0.39, 0.29) is 5.56 Å². The second-order valence-electron chi connectivity index (χ2n) is 5.73. The zero-order valence-corrected chi connectivity index (χ0v) is 10.9. The Labute approximate surface area is 107 Å². The summed E-state index contributed by atoms with van der Waals surface area (Å²) >= 11 is 0. The van der Waals surface area contributed by atoms with Crippen LogP contribution in [0.4, 0.5) is 11.4 Å². The highest BCUT2D eigenvalue weighted by Crippen LogP contribution is 2.34. The predicted molar refractivity (Wildman–Crippen MR) is 73.0 cm³/mol. The van der Waals surface area contributed by atoms with Crippen molar-refractivity contribution < 1.29 is 9.90 Å². The van der Waals surface area contributed by atoms with Gasteiger partial charge in [0.1, 0.15) is 0 Å². The molecule has 1 aromatic rings. The monoisotopic (exact) mass is 248 g/mol. The molecule has 1 aliphatic rings. The maximum Gasteiger partial charge on any atom is 0.335 e. The van der Waals surface area contributed by atoms with Crippen LogP contribution in [-0.4, -0.2) is 24.2 Å². The van der Waals surface area contributed by atoms with Crippen LogP contribution in [0.15, 0.2) is 18.2 Å². The van der Waals surface area contributed by atoms with E-state index < -0.39 is 5.97 Å². The van der Waals surface area contributed by atoms with E-state index in [0.717, 1.165) is 31.6 Å². The van der Waals surface area contributed by atoms with Gasteiger partial charge in [-0.1, -0.05) is 13.8 Å². The number of nitrogen functional groups attached to an aromatic ring is 1. The van der Waals surface area contributed by atoms with Crippen molar-refractivity contribution in [1.82, 2.24) is 0 Å². The molecule has 18 heavy (non-hydrogen) atoms. The lowest BCUT2D eigenvalue weighted by Gasteiger charge is -2.38. The number of piperidine rings is 1. The van der Waals surface area contributed by atoms with Gasteiger partial charge in [0.15, 0.2) is 0 Å². The summed E-state index contributed by atoms with van der Waals surface area (Å²) in [5, 5.41) is 8.91. The summed E-state index contributed by atoms with van der Waals surface area (Å²) in [6.45, 7) is 6.51. The molecule has 0 aliphatic carbocycles. The molecule has 4 nitrogen and oxygen atoms in total. The lowest BCUT2D eigenvalue weighted by atomic mass is 9.82. The summed E-state index contributed by atoms with van der Waals surface area (Å²) in [6.07, 6.45) is 2.26. The van der Waals surface area contributed by atoms with Gasteiger partial charge < -0.3 is 15.7 Å². The molecule has 1 aromatic carbocycles. The highest BCUT2D eigenvalue weighted by Gasteiger charge is 2.26. The van der Waals surface area contributed by atoms with Gasteiger partial charge in [0.05, 0.1) is 16.9 Å². The van der Waals surface area contributed by atoms with Gasteiger partial charge in [-0.25, -0.2) is 4.79 Å². The first kappa shape index (κ1) is 12.7. The van der Waals surface area contributed by atoms with Gasteiger partial charge in [0.25, 0.3) is 0 Å². The molecule has 0 aromatic heterocycles. The molecule has 1 heterocycles. The molecular formula is C14H20N2O2. The van der Waals surface area contributed by atoms with E-state index in [0.29, 0.717) is 11.1 Å². The van der Waals surface area contributed by atoms with Crippen LogP contribution in [0.1, 0.15) is 37.0 Å². The van der Waals surface area contributed by atoms with E-state index in [9.17, 15) is 4.79 Å². The second kappa shape index (κ2) is 4.52. The predicted octanol–water partition coefficient (Wildman–Crippen LogP) is 2.59. The van der Waals surface area contributed by atoms with Gasteiger partial charge in [-0.15, -0.1) is 0 Å². The molecule has 0 atom stereocenters. The number of carbonyl (C=O) groups is 1. The smallest absolute Gasteiger partial charge is 0.335 e. The minimum Gasteiger partial charge on any atom is -0.478 e. The number of aromatic carboxylic acids is 1. The average molecular weight is 248 g/mol. The van der Waals surface area contributed by atoms with Gasteiger partial charge in [-0.3, -0.25) is 0 Å². The van der Waals surface area contributed by atoms with Crippen molar-refractivity contribution in [1.29, 1.82) is 0 Å². The van der Waals surface area contributed by atoms with Crippen LogP contribution in [0.2, 0.25) is 0 Å². The highest BCUT2D eigenvalue weighted by atomic mass is 16.4. The van der Waals surface area contributed by atoms with Crippen LogP contribution >= 0.6 is 0 Å². The zero-order valence-electron chi connectivity index (χ0n) is 10.9. The van der Waals surface area contributed by atoms with E-state index in [2.05, 4.69) is 18.7 Å². The normalized spacial score (nSPS) is 18.7. The van der Waals surface area contributed by atoms with Crippen molar-refractivity contribution in [3.05, 3.63) is 23.8 Å². The minimum absolute atomic E-state index is 0.244. The third kappa shape index (κ3) is 2.58. The number of rotatable bonds is 2. The number of nitrogens with zero attached hydrogens (tertiary/aromatic N) is 1. The summed E-state index contributed by atoms with van der Waals surface area (Å²) in [4.78, 5) is 13.1. The number of carboxylic acids is 1. The molecule has 0 saturated carbocycles. The molecule has 1 saturated heterocycles. The van der Waals surface area contributed by atoms with Crippen LogP contribution in [-0.2, 0) is 0 Å². The van der Waals surface area contributed by atoms with Crippen molar-refractivity contribution in [2.24, 2.45) is 5.41 Å². The summed E-state index contributed by atoms with van der Waals surface area (Å²) < 4.78 is 0. The van der Waals surface area contributed by atoms with Gasteiger partial charge in [0.2, 0.25) is 0 Å². The molecule has 0 unspecified atom stereocenters. The SMILES string of the molecule is CC1(C)CCN(c2ccc(C(=O)O)cc2N)CC1. The number of benzene rings is 1. The van der Waals surface area contributed by atoms with Gasteiger partial charge in [-0.05, 0) is 36.5 Å². The van der Waals surface area contributed by atoms with E-state index in [1.807, 2.05) is 6.07 Å². The van der Waals surface area contributed by atoms with E-state index in [1.165, 1.54) is 6.07 Å². The fourth-order valence-electron chi connectivity index (χ4n) is 2.33. The van der Waals surface area contributed by atoms with E-state index in [1.54, 1.807) is 6.07 Å². The van der Waals surface area contributed by atoms with Crippen molar-refractivity contribution in [2.75, 3.05) is 23.7 Å². The number of carboxylic acid groups (broad SMARTS) is 1. The molecule has 1 fully saturated rings. The molecule has 1 aliphatic heterocycles. The Hall–Kier alpha value is -1.71.